The summed E-state index contributed by atoms with van der Waals surface area (Å²) in [5.74, 6) is -1.19. The first-order valence-electron chi connectivity index (χ1n) is 7.85. The summed E-state index contributed by atoms with van der Waals surface area (Å²) in [6.45, 7) is -1.79. The molecule has 0 atom stereocenters. The standard InChI is InChI=1S/C8H20NO8.C7H6O3/c10-1-5-14-9(15-6-2-11,16-7-3-12)17-8-4-13;8-6-3-1-5(2-4-6)7(9)10/h10-13H,1-8H2;1-4,8H,(H,9,10)/q+1;/p-1. The molecular formula is C15H25NO11. The lowest BCUT2D eigenvalue weighted by molar-refractivity contribution is -1.47. The Bertz CT molecular complexity index is 460. The number of hydrogen-bond donors (Lipinski definition) is 5. The minimum atomic E-state index is -1.22. The molecule has 1 aromatic carbocycles. The summed E-state index contributed by atoms with van der Waals surface area (Å²) in [5.41, 5.74) is 0.139. The van der Waals surface area contributed by atoms with Gasteiger partial charge in [-0.15, -0.1) is 5.75 Å². The van der Waals surface area contributed by atoms with Crippen LogP contribution in [0.15, 0.2) is 24.3 Å². The number of aromatic carboxylic acids is 1. The molecule has 0 saturated heterocycles. The molecule has 0 radical (unpaired) electrons. The summed E-state index contributed by atoms with van der Waals surface area (Å²) in [7, 11) is 0. The van der Waals surface area contributed by atoms with E-state index >= 15 is 0 Å². The molecule has 0 bridgehead atoms. The van der Waals surface area contributed by atoms with Crippen molar-refractivity contribution in [1.82, 2.24) is 0 Å². The Kier molecular flexibility index (Phi) is 14.2. The molecule has 0 amide bonds. The molecule has 0 aliphatic heterocycles. The van der Waals surface area contributed by atoms with Crippen LogP contribution in [0.25, 0.3) is 0 Å². The number of nitrogens with zero attached hydrogens (tertiary/aromatic N) is 1. The first-order valence-corrected chi connectivity index (χ1v) is 7.85. The maximum atomic E-state index is 10.5. The molecule has 1 aromatic rings. The lowest BCUT2D eigenvalue weighted by Crippen LogP contribution is -2.49. The normalized spacial score (nSPS) is 11.0. The molecule has 0 aliphatic carbocycles. The van der Waals surface area contributed by atoms with Crippen molar-refractivity contribution in [2.45, 2.75) is 0 Å². The highest BCUT2D eigenvalue weighted by Gasteiger charge is 2.38. The molecule has 0 unspecified atom stereocenters. The number of quaternary nitrogens is 1. The highest BCUT2D eigenvalue weighted by Crippen LogP contribution is 2.13. The number of hydrogen-bond acceptors (Lipinski definition) is 10. The van der Waals surface area contributed by atoms with Crippen LogP contribution < -0.4 is 5.11 Å². The lowest BCUT2D eigenvalue weighted by Gasteiger charge is -2.24. The van der Waals surface area contributed by atoms with E-state index in [1.54, 1.807) is 0 Å². The van der Waals surface area contributed by atoms with Crippen LogP contribution in [-0.4, -0.2) is 89.5 Å². The van der Waals surface area contributed by atoms with Gasteiger partial charge in [-0.1, -0.05) is 31.5 Å². The van der Waals surface area contributed by atoms with Crippen LogP contribution >= 0.6 is 0 Å². The van der Waals surface area contributed by atoms with E-state index in [0.29, 0.717) is 0 Å². The lowest BCUT2D eigenvalue weighted by atomic mass is 10.2. The van der Waals surface area contributed by atoms with Crippen molar-refractivity contribution in [3.63, 3.8) is 0 Å². The number of carboxylic acids is 1. The Morgan fingerprint density at radius 3 is 1.37 bits per heavy atom. The highest BCUT2D eigenvalue weighted by molar-refractivity contribution is 5.87. The average Bonchev–Trinajstić information content (AvgIpc) is 2.68. The van der Waals surface area contributed by atoms with Crippen molar-refractivity contribution in [3.8, 4) is 5.75 Å². The van der Waals surface area contributed by atoms with Crippen molar-refractivity contribution in [2.75, 3.05) is 52.9 Å². The topological polar surface area (TPSA) is 178 Å². The van der Waals surface area contributed by atoms with Crippen LogP contribution in [0, 0.1) is 0 Å². The van der Waals surface area contributed by atoms with E-state index in [4.69, 9.17) is 44.9 Å². The van der Waals surface area contributed by atoms with Gasteiger partial charge in [-0.25, -0.2) is 4.79 Å². The number of benzene rings is 1. The summed E-state index contributed by atoms with van der Waals surface area (Å²) in [6, 6.07) is 5.02. The van der Waals surface area contributed by atoms with Crippen molar-refractivity contribution in [1.29, 1.82) is 0 Å². The van der Waals surface area contributed by atoms with E-state index in [-0.39, 0.29) is 64.2 Å². The number of rotatable bonds is 13. The third-order valence-corrected chi connectivity index (χ3v) is 2.46. The van der Waals surface area contributed by atoms with Crippen LogP contribution in [0.4, 0.5) is 0 Å². The van der Waals surface area contributed by atoms with Crippen LogP contribution in [0.1, 0.15) is 10.4 Å². The zero-order valence-corrected chi connectivity index (χ0v) is 14.6. The SMILES string of the molecule is O=C(O)c1ccc([O-])cc1.OCCO[N+](OCCO)(OCCO)OCCO. The molecule has 0 fully saturated rings. The van der Waals surface area contributed by atoms with Crippen LogP contribution in [0.2, 0.25) is 0 Å². The first-order chi connectivity index (χ1) is 12.9. The Labute approximate surface area is 155 Å². The van der Waals surface area contributed by atoms with Gasteiger partial charge in [0.05, 0.1) is 32.0 Å². The largest absolute Gasteiger partial charge is 0.872 e. The predicted octanol–water partition coefficient (Wildman–Crippen LogP) is -2.04. The summed E-state index contributed by atoms with van der Waals surface area (Å²) in [6.07, 6.45) is 0. The van der Waals surface area contributed by atoms with Gasteiger partial charge in [0.15, 0.2) is 0 Å². The third-order valence-electron chi connectivity index (χ3n) is 2.46. The van der Waals surface area contributed by atoms with Gasteiger partial charge in [0.1, 0.15) is 26.4 Å². The van der Waals surface area contributed by atoms with Crippen LogP contribution in [0.3, 0.4) is 0 Å². The van der Waals surface area contributed by atoms with Crippen LogP contribution in [0.5, 0.6) is 5.75 Å². The van der Waals surface area contributed by atoms with Gasteiger partial charge in [-0.3, -0.25) is 0 Å². The molecule has 1 rings (SSSR count). The fourth-order valence-corrected chi connectivity index (χ4v) is 1.43. The van der Waals surface area contributed by atoms with Gasteiger partial charge in [0, 0.05) is 0 Å². The summed E-state index contributed by atoms with van der Waals surface area (Å²) in [4.78, 5) is 30.1. The van der Waals surface area contributed by atoms with E-state index in [9.17, 15) is 9.90 Å². The second-order valence-corrected chi connectivity index (χ2v) is 4.50. The Hall–Kier alpha value is -1.87. The number of carboxylic acid groups (broad SMARTS) is 1. The Balaban J connectivity index is 0.000000569. The first kappa shape index (κ1) is 25.1. The van der Waals surface area contributed by atoms with Gasteiger partial charge in [0.2, 0.25) is 5.14 Å². The highest BCUT2D eigenvalue weighted by atomic mass is 17.4. The second kappa shape index (κ2) is 15.2. The minimum absolute atomic E-state index is 0.139. The average molecular weight is 395 g/mol. The Morgan fingerprint density at radius 2 is 1.11 bits per heavy atom. The molecule has 0 heterocycles. The van der Waals surface area contributed by atoms with Crippen molar-refractivity contribution in [3.05, 3.63) is 29.8 Å². The zero-order chi connectivity index (χ0) is 20.5. The van der Waals surface area contributed by atoms with Crippen molar-refractivity contribution >= 4 is 5.97 Å². The predicted molar refractivity (Wildman–Crippen MR) is 85.3 cm³/mol. The fourth-order valence-electron chi connectivity index (χ4n) is 1.43. The van der Waals surface area contributed by atoms with E-state index < -0.39 is 11.1 Å². The van der Waals surface area contributed by atoms with Gasteiger partial charge < -0.3 is 30.6 Å². The van der Waals surface area contributed by atoms with E-state index in [1.807, 2.05) is 0 Å². The van der Waals surface area contributed by atoms with Gasteiger partial charge in [-0.05, 0) is 12.1 Å². The van der Waals surface area contributed by atoms with Crippen LogP contribution in [-0.2, 0) is 19.4 Å². The fraction of sp³-hybridized carbons (Fsp3) is 0.533. The molecule has 0 aliphatic rings. The van der Waals surface area contributed by atoms with Crippen molar-refractivity contribution < 1.29 is 59.9 Å². The monoisotopic (exact) mass is 395 g/mol. The van der Waals surface area contributed by atoms with Crippen molar-refractivity contribution in [2.24, 2.45) is 0 Å². The second-order valence-electron chi connectivity index (χ2n) is 4.50. The molecule has 0 aromatic heterocycles. The molecule has 12 nitrogen and oxygen atoms in total. The molecule has 27 heavy (non-hydrogen) atoms. The molecule has 156 valence electrons. The maximum absolute atomic E-state index is 10.5. The van der Waals surface area contributed by atoms with Gasteiger partial charge in [-0.2, -0.15) is 0 Å². The molecule has 5 N–H and O–H groups in total. The number of carbonyl (C=O) groups is 1. The van der Waals surface area contributed by atoms with E-state index in [1.165, 1.54) is 24.3 Å². The van der Waals surface area contributed by atoms with Gasteiger partial charge >= 0.3 is 5.97 Å². The maximum Gasteiger partial charge on any atom is 0.335 e. The minimum Gasteiger partial charge on any atom is -0.872 e. The van der Waals surface area contributed by atoms with Gasteiger partial charge in [0.25, 0.3) is 0 Å². The molecule has 0 spiro atoms. The number of aliphatic hydroxyl groups is 4. The zero-order valence-electron chi connectivity index (χ0n) is 14.6. The Morgan fingerprint density at radius 1 is 0.778 bits per heavy atom. The quantitative estimate of drug-likeness (QED) is 0.183. The summed E-state index contributed by atoms with van der Waals surface area (Å²) >= 11 is 0. The number of aliphatic hydroxyl groups excluding tert-OH is 4. The smallest absolute Gasteiger partial charge is 0.335 e. The summed E-state index contributed by atoms with van der Waals surface area (Å²) in [5, 5.41) is 52.2. The van der Waals surface area contributed by atoms with E-state index in [0.717, 1.165) is 0 Å². The summed E-state index contributed by atoms with van der Waals surface area (Å²) < 4.78 is 0. The third kappa shape index (κ3) is 11.4. The van der Waals surface area contributed by atoms with E-state index in [2.05, 4.69) is 0 Å². The molecule has 12 heteroatoms. The molecule has 0 saturated carbocycles. The molecular weight excluding hydrogens is 370 g/mol.